The lowest BCUT2D eigenvalue weighted by Crippen LogP contribution is -2.47. The summed E-state index contributed by atoms with van der Waals surface area (Å²) < 4.78 is 4.86. The van der Waals surface area contributed by atoms with Gasteiger partial charge in [-0.05, 0) is 92.8 Å². The minimum Gasteiger partial charge on any atom is -0.469 e. The molecule has 0 heterocycles. The maximum atomic E-state index is 11.6. The van der Waals surface area contributed by atoms with Crippen LogP contribution >= 0.6 is 0 Å². The second-order valence-electron chi connectivity index (χ2n) is 10.7. The van der Waals surface area contributed by atoms with Crippen LogP contribution in [0.2, 0.25) is 0 Å². The van der Waals surface area contributed by atoms with E-state index >= 15 is 0 Å². The molecular formula is C26H40O3. The Morgan fingerprint density at radius 1 is 1.24 bits per heavy atom. The highest BCUT2D eigenvalue weighted by molar-refractivity contribution is 5.69. The average molecular weight is 401 g/mol. The summed E-state index contributed by atoms with van der Waals surface area (Å²) >= 11 is 0. The number of fused-ring (bicyclic) bond motifs is 5. The van der Waals surface area contributed by atoms with E-state index in [-0.39, 0.29) is 5.97 Å². The second kappa shape index (κ2) is 7.87. The quantitative estimate of drug-likeness (QED) is 0.467. The van der Waals surface area contributed by atoms with Crippen LogP contribution in [0.5, 0.6) is 0 Å². The Morgan fingerprint density at radius 2 is 2.03 bits per heavy atom. The molecule has 4 aliphatic rings. The lowest BCUT2D eigenvalue weighted by atomic mass is 9.50. The molecule has 0 radical (unpaired) electrons. The summed E-state index contributed by atoms with van der Waals surface area (Å²) in [7, 11) is 1.48. The molecule has 2 saturated carbocycles. The van der Waals surface area contributed by atoms with E-state index in [1.807, 2.05) is 0 Å². The largest absolute Gasteiger partial charge is 0.469 e. The number of hydrogen-bond acceptors (Lipinski definition) is 3. The number of rotatable bonds is 5. The van der Waals surface area contributed by atoms with Crippen LogP contribution in [0.15, 0.2) is 23.3 Å². The van der Waals surface area contributed by atoms with Crippen molar-refractivity contribution in [3.8, 4) is 0 Å². The molecule has 0 spiro atoms. The van der Waals surface area contributed by atoms with Gasteiger partial charge in [-0.3, -0.25) is 4.79 Å². The predicted octanol–water partition coefficient (Wildman–Crippen LogP) is 5.83. The van der Waals surface area contributed by atoms with Gasteiger partial charge in [0.05, 0.1) is 12.7 Å². The Morgan fingerprint density at radius 3 is 2.76 bits per heavy atom. The van der Waals surface area contributed by atoms with E-state index in [9.17, 15) is 9.90 Å². The first-order chi connectivity index (χ1) is 13.8. The molecule has 0 amide bonds. The number of methoxy groups -OCH3 is 1. The molecular weight excluding hydrogens is 360 g/mol. The molecule has 3 heteroatoms. The summed E-state index contributed by atoms with van der Waals surface area (Å²) in [5, 5.41) is 10.8. The van der Waals surface area contributed by atoms with Crippen molar-refractivity contribution in [2.75, 3.05) is 7.11 Å². The van der Waals surface area contributed by atoms with E-state index in [2.05, 4.69) is 32.9 Å². The van der Waals surface area contributed by atoms with E-state index in [1.54, 1.807) is 11.1 Å². The highest BCUT2D eigenvalue weighted by Crippen LogP contribution is 2.63. The van der Waals surface area contributed by atoms with Gasteiger partial charge in [0.15, 0.2) is 0 Å². The maximum Gasteiger partial charge on any atom is 0.305 e. The van der Waals surface area contributed by atoms with Gasteiger partial charge in [-0.1, -0.05) is 44.1 Å². The van der Waals surface area contributed by atoms with Crippen LogP contribution < -0.4 is 0 Å². The standard InChI is InChI=1S/C26H40O3/c1-5-26(28)15-13-19-18(16-26)7-8-21-20(19)12-14-25(3)22(9-10-23(21)25)17(2)6-11-24(27)29-4/h7,9,17,19-21,23,28H,5-6,8,10-16H2,1-4H3/t17-,19+,20-,21-,23+,25-,26+/m1/s1. The van der Waals surface area contributed by atoms with Crippen LogP contribution in [0.3, 0.4) is 0 Å². The van der Waals surface area contributed by atoms with Crippen LogP contribution in [-0.4, -0.2) is 23.8 Å². The Kier molecular flexibility index (Phi) is 5.74. The van der Waals surface area contributed by atoms with Crippen LogP contribution in [0, 0.1) is 35.0 Å². The molecule has 0 aromatic heterocycles. The topological polar surface area (TPSA) is 46.5 Å². The Bertz CT molecular complexity index is 707. The molecule has 3 nitrogen and oxygen atoms in total. The Hall–Kier alpha value is -1.09. The van der Waals surface area contributed by atoms with Gasteiger partial charge in [0, 0.05) is 6.42 Å². The normalized spacial score (nSPS) is 42.1. The summed E-state index contributed by atoms with van der Waals surface area (Å²) in [6, 6.07) is 0. The van der Waals surface area contributed by atoms with Crippen LogP contribution in [-0.2, 0) is 9.53 Å². The fourth-order valence-electron chi connectivity index (χ4n) is 7.62. The zero-order chi connectivity index (χ0) is 20.8. The molecule has 0 saturated heterocycles. The van der Waals surface area contributed by atoms with Crippen molar-refractivity contribution in [1.82, 2.24) is 0 Å². The second-order valence-corrected chi connectivity index (χ2v) is 10.7. The van der Waals surface area contributed by atoms with Crippen molar-refractivity contribution in [1.29, 1.82) is 0 Å². The third-order valence-electron chi connectivity index (χ3n) is 9.43. The third-order valence-corrected chi connectivity index (χ3v) is 9.43. The average Bonchev–Trinajstić information content (AvgIpc) is 3.08. The van der Waals surface area contributed by atoms with Crippen molar-refractivity contribution in [3.05, 3.63) is 23.3 Å². The van der Waals surface area contributed by atoms with Crippen molar-refractivity contribution in [2.24, 2.45) is 35.0 Å². The molecule has 4 rings (SSSR count). The van der Waals surface area contributed by atoms with E-state index in [0.717, 1.165) is 43.4 Å². The van der Waals surface area contributed by atoms with Crippen LogP contribution in [0.25, 0.3) is 0 Å². The molecule has 7 atom stereocenters. The number of allylic oxidation sites excluding steroid dienone is 3. The molecule has 4 aliphatic carbocycles. The maximum absolute atomic E-state index is 11.6. The van der Waals surface area contributed by atoms with Gasteiger partial charge in [0.25, 0.3) is 0 Å². The Labute approximate surface area is 177 Å². The zero-order valence-corrected chi connectivity index (χ0v) is 18.9. The van der Waals surface area contributed by atoms with Crippen molar-refractivity contribution >= 4 is 5.97 Å². The first-order valence-corrected chi connectivity index (χ1v) is 12.0. The van der Waals surface area contributed by atoms with Crippen LogP contribution in [0.1, 0.15) is 85.0 Å². The molecule has 0 bridgehead atoms. The summed E-state index contributed by atoms with van der Waals surface area (Å²) in [4.78, 5) is 11.6. The fourth-order valence-corrected chi connectivity index (χ4v) is 7.62. The lowest BCUT2D eigenvalue weighted by molar-refractivity contribution is -0.140. The summed E-state index contributed by atoms with van der Waals surface area (Å²) in [5.41, 5.74) is 3.04. The smallest absolute Gasteiger partial charge is 0.305 e. The van der Waals surface area contributed by atoms with Gasteiger partial charge in [-0.2, -0.15) is 0 Å². The number of aliphatic hydroxyl groups is 1. The minimum atomic E-state index is -0.449. The fraction of sp³-hybridized carbons (Fsp3) is 0.808. The summed E-state index contributed by atoms with van der Waals surface area (Å²) in [6.45, 7) is 6.95. The summed E-state index contributed by atoms with van der Waals surface area (Å²) in [5.74, 6) is 3.44. The predicted molar refractivity (Wildman–Crippen MR) is 116 cm³/mol. The van der Waals surface area contributed by atoms with E-state index < -0.39 is 5.60 Å². The van der Waals surface area contributed by atoms with Crippen molar-refractivity contribution in [3.63, 3.8) is 0 Å². The molecule has 0 aromatic carbocycles. The van der Waals surface area contributed by atoms with Gasteiger partial charge in [0.2, 0.25) is 0 Å². The van der Waals surface area contributed by atoms with E-state index in [1.165, 1.54) is 39.2 Å². The third kappa shape index (κ3) is 3.62. The zero-order valence-electron chi connectivity index (χ0n) is 18.9. The van der Waals surface area contributed by atoms with Gasteiger partial charge in [0.1, 0.15) is 0 Å². The van der Waals surface area contributed by atoms with Crippen molar-refractivity contribution in [2.45, 2.75) is 90.6 Å². The first-order valence-electron chi connectivity index (χ1n) is 12.0. The molecule has 1 N–H and O–H groups in total. The monoisotopic (exact) mass is 400 g/mol. The molecule has 2 fully saturated rings. The number of carbonyl (C=O) groups is 1. The van der Waals surface area contributed by atoms with Gasteiger partial charge >= 0.3 is 5.97 Å². The van der Waals surface area contributed by atoms with Crippen molar-refractivity contribution < 1.29 is 14.6 Å². The molecule has 0 unspecified atom stereocenters. The number of hydrogen-bond donors (Lipinski definition) is 1. The first kappa shape index (κ1) is 21.2. The molecule has 0 aromatic rings. The highest BCUT2D eigenvalue weighted by Gasteiger charge is 2.54. The highest BCUT2D eigenvalue weighted by atomic mass is 16.5. The lowest BCUT2D eigenvalue weighted by Gasteiger charge is -2.54. The SMILES string of the molecule is CC[C@]1(O)CC[C@H]2C(=CC[C@@H]3[C@@H]2CC[C@]2(C)C([C@H](C)CCC(=O)OC)=CC[C@@H]32)C1. The molecule has 162 valence electrons. The van der Waals surface area contributed by atoms with E-state index in [0.29, 0.717) is 23.7 Å². The number of esters is 1. The molecule has 29 heavy (non-hydrogen) atoms. The van der Waals surface area contributed by atoms with Gasteiger partial charge in [-0.15, -0.1) is 0 Å². The van der Waals surface area contributed by atoms with Gasteiger partial charge in [-0.25, -0.2) is 0 Å². The minimum absolute atomic E-state index is 0.0878. The molecule has 0 aliphatic heterocycles. The van der Waals surface area contributed by atoms with Gasteiger partial charge < -0.3 is 9.84 Å². The summed E-state index contributed by atoms with van der Waals surface area (Å²) in [6.07, 6.45) is 15.4. The number of ether oxygens (including phenoxy) is 1. The van der Waals surface area contributed by atoms with Crippen LogP contribution in [0.4, 0.5) is 0 Å². The van der Waals surface area contributed by atoms with E-state index in [4.69, 9.17) is 4.74 Å². The number of carbonyl (C=O) groups excluding carboxylic acids is 1. The Balaban J connectivity index is 1.48.